The summed E-state index contributed by atoms with van der Waals surface area (Å²) in [6.45, 7) is 7.95. The quantitative estimate of drug-likeness (QED) is 0.898. The summed E-state index contributed by atoms with van der Waals surface area (Å²) in [7, 11) is 0. The van der Waals surface area contributed by atoms with Crippen LogP contribution in [0.4, 0.5) is 10.1 Å². The zero-order valence-electron chi connectivity index (χ0n) is 12.6. The van der Waals surface area contributed by atoms with Crippen molar-refractivity contribution < 1.29 is 9.18 Å². The van der Waals surface area contributed by atoms with Crippen molar-refractivity contribution in [2.45, 2.75) is 32.9 Å². The smallest absolute Gasteiger partial charge is 0.238 e. The van der Waals surface area contributed by atoms with Gasteiger partial charge in [-0.1, -0.05) is 6.07 Å². The minimum atomic E-state index is -0.299. The molecule has 1 aromatic rings. The van der Waals surface area contributed by atoms with Gasteiger partial charge in [-0.15, -0.1) is 12.4 Å². The van der Waals surface area contributed by atoms with Crippen molar-refractivity contribution in [3.63, 3.8) is 0 Å². The molecule has 1 saturated heterocycles. The Balaban J connectivity index is 0.00000220. The molecule has 1 aliphatic rings. The molecule has 1 aliphatic heterocycles. The van der Waals surface area contributed by atoms with E-state index in [1.165, 1.54) is 6.07 Å². The van der Waals surface area contributed by atoms with Crippen LogP contribution in [0.25, 0.3) is 0 Å². The summed E-state index contributed by atoms with van der Waals surface area (Å²) in [5.41, 5.74) is 1.09. The SMILES string of the molecule is Cc1ccc(NC(=O)CN2CC(C)NC(C)C2)cc1F.Cl. The monoisotopic (exact) mass is 315 g/mol. The normalized spacial score (nSPS) is 22.5. The third-order valence-corrected chi connectivity index (χ3v) is 3.46. The van der Waals surface area contributed by atoms with Crippen LogP contribution in [-0.2, 0) is 4.79 Å². The summed E-state index contributed by atoms with van der Waals surface area (Å²) < 4.78 is 13.4. The van der Waals surface area contributed by atoms with Gasteiger partial charge in [0.1, 0.15) is 5.82 Å². The number of piperazine rings is 1. The third kappa shape index (κ3) is 5.26. The van der Waals surface area contributed by atoms with Crippen LogP contribution in [0.3, 0.4) is 0 Å². The summed E-state index contributed by atoms with van der Waals surface area (Å²) in [6.07, 6.45) is 0. The molecule has 118 valence electrons. The number of aryl methyl sites for hydroxylation is 1. The van der Waals surface area contributed by atoms with E-state index in [9.17, 15) is 9.18 Å². The van der Waals surface area contributed by atoms with E-state index in [0.29, 0.717) is 29.9 Å². The summed E-state index contributed by atoms with van der Waals surface area (Å²) in [5, 5.41) is 6.17. The zero-order valence-corrected chi connectivity index (χ0v) is 13.5. The molecule has 0 bridgehead atoms. The van der Waals surface area contributed by atoms with Gasteiger partial charge in [0.15, 0.2) is 0 Å². The fourth-order valence-corrected chi connectivity index (χ4v) is 2.64. The average molecular weight is 316 g/mol. The molecule has 1 heterocycles. The molecule has 0 radical (unpaired) electrons. The van der Waals surface area contributed by atoms with Crippen LogP contribution in [0.15, 0.2) is 18.2 Å². The molecule has 0 aromatic heterocycles. The second-order valence-electron chi connectivity index (χ2n) is 5.67. The highest BCUT2D eigenvalue weighted by Crippen LogP contribution is 2.13. The molecule has 2 unspecified atom stereocenters. The van der Waals surface area contributed by atoms with E-state index in [4.69, 9.17) is 0 Å². The van der Waals surface area contributed by atoms with Gasteiger partial charge in [0.2, 0.25) is 5.91 Å². The Labute approximate surface area is 131 Å². The van der Waals surface area contributed by atoms with E-state index in [2.05, 4.69) is 29.4 Å². The maximum absolute atomic E-state index is 13.4. The van der Waals surface area contributed by atoms with E-state index in [1.54, 1.807) is 19.1 Å². The topological polar surface area (TPSA) is 44.4 Å². The van der Waals surface area contributed by atoms with Gasteiger partial charge >= 0.3 is 0 Å². The number of rotatable bonds is 3. The first-order valence-corrected chi connectivity index (χ1v) is 6.98. The molecule has 1 fully saturated rings. The number of amides is 1. The zero-order chi connectivity index (χ0) is 14.7. The maximum atomic E-state index is 13.4. The van der Waals surface area contributed by atoms with Crippen molar-refractivity contribution in [1.29, 1.82) is 0 Å². The molecule has 0 aliphatic carbocycles. The predicted molar refractivity (Wildman–Crippen MR) is 85.5 cm³/mol. The van der Waals surface area contributed by atoms with Crippen LogP contribution in [0.1, 0.15) is 19.4 Å². The van der Waals surface area contributed by atoms with Crippen molar-refractivity contribution in [3.05, 3.63) is 29.6 Å². The number of carbonyl (C=O) groups is 1. The van der Waals surface area contributed by atoms with Gasteiger partial charge in [-0.3, -0.25) is 9.69 Å². The lowest BCUT2D eigenvalue weighted by molar-refractivity contribution is -0.117. The minimum Gasteiger partial charge on any atom is -0.325 e. The second kappa shape index (κ2) is 7.73. The van der Waals surface area contributed by atoms with E-state index < -0.39 is 0 Å². The fourth-order valence-electron chi connectivity index (χ4n) is 2.64. The largest absolute Gasteiger partial charge is 0.325 e. The maximum Gasteiger partial charge on any atom is 0.238 e. The molecule has 2 N–H and O–H groups in total. The minimum absolute atomic E-state index is 0. The number of nitrogens with one attached hydrogen (secondary N) is 2. The number of benzene rings is 1. The molecule has 6 heteroatoms. The van der Waals surface area contributed by atoms with Crippen molar-refractivity contribution in [3.8, 4) is 0 Å². The third-order valence-electron chi connectivity index (χ3n) is 3.46. The Kier molecular flexibility index (Phi) is 6.58. The predicted octanol–water partition coefficient (Wildman–Crippen LogP) is 2.18. The molecule has 21 heavy (non-hydrogen) atoms. The highest BCUT2D eigenvalue weighted by Gasteiger charge is 2.22. The van der Waals surface area contributed by atoms with Gasteiger partial charge in [-0.25, -0.2) is 4.39 Å². The van der Waals surface area contributed by atoms with Gasteiger partial charge in [0, 0.05) is 30.9 Å². The molecule has 0 saturated carbocycles. The first-order chi connectivity index (χ1) is 9.44. The van der Waals surface area contributed by atoms with Crippen molar-refractivity contribution in [2.24, 2.45) is 0 Å². The highest BCUT2D eigenvalue weighted by molar-refractivity contribution is 5.92. The Morgan fingerprint density at radius 2 is 2.00 bits per heavy atom. The molecule has 2 rings (SSSR count). The number of hydrogen-bond donors (Lipinski definition) is 2. The molecular weight excluding hydrogens is 293 g/mol. The lowest BCUT2D eigenvalue weighted by Crippen LogP contribution is -2.55. The van der Waals surface area contributed by atoms with Gasteiger partial charge in [-0.2, -0.15) is 0 Å². The summed E-state index contributed by atoms with van der Waals surface area (Å²) in [4.78, 5) is 14.1. The average Bonchev–Trinajstić information content (AvgIpc) is 2.32. The Morgan fingerprint density at radius 1 is 1.38 bits per heavy atom. The number of nitrogens with zero attached hydrogens (tertiary/aromatic N) is 1. The van der Waals surface area contributed by atoms with Gasteiger partial charge in [0.25, 0.3) is 0 Å². The summed E-state index contributed by atoms with van der Waals surface area (Å²) >= 11 is 0. The summed E-state index contributed by atoms with van der Waals surface area (Å²) in [6, 6.07) is 5.50. The fraction of sp³-hybridized carbons (Fsp3) is 0.533. The second-order valence-corrected chi connectivity index (χ2v) is 5.67. The van der Waals surface area contributed by atoms with Crippen molar-refractivity contribution in [1.82, 2.24) is 10.2 Å². The number of hydrogen-bond acceptors (Lipinski definition) is 3. The Morgan fingerprint density at radius 3 is 2.57 bits per heavy atom. The lowest BCUT2D eigenvalue weighted by Gasteiger charge is -2.35. The van der Waals surface area contributed by atoms with E-state index in [1.807, 2.05) is 0 Å². The number of anilines is 1. The standard InChI is InChI=1S/C15H22FN3O.ClH/c1-10-4-5-13(6-14(10)16)18-15(20)9-19-7-11(2)17-12(3)8-19;/h4-6,11-12,17H,7-9H2,1-3H3,(H,18,20);1H. The van der Waals surface area contributed by atoms with Gasteiger partial charge < -0.3 is 10.6 Å². The van der Waals surface area contributed by atoms with Crippen molar-refractivity contribution in [2.75, 3.05) is 25.0 Å². The van der Waals surface area contributed by atoms with Gasteiger partial charge in [0.05, 0.1) is 6.54 Å². The van der Waals surface area contributed by atoms with E-state index >= 15 is 0 Å². The Bertz CT molecular complexity index is 488. The first kappa shape index (κ1) is 17.9. The molecular formula is C15H23ClFN3O. The summed E-state index contributed by atoms with van der Waals surface area (Å²) in [5.74, 6) is -0.401. The first-order valence-electron chi connectivity index (χ1n) is 6.98. The molecule has 1 amide bonds. The van der Waals surface area contributed by atoms with Crippen LogP contribution in [-0.4, -0.2) is 42.5 Å². The van der Waals surface area contributed by atoms with Crippen LogP contribution >= 0.6 is 12.4 Å². The molecule has 4 nitrogen and oxygen atoms in total. The van der Waals surface area contributed by atoms with Crippen LogP contribution in [0, 0.1) is 12.7 Å². The van der Waals surface area contributed by atoms with Crippen LogP contribution in [0.5, 0.6) is 0 Å². The number of carbonyl (C=O) groups excluding carboxylic acids is 1. The van der Waals surface area contributed by atoms with Crippen LogP contribution in [0.2, 0.25) is 0 Å². The lowest BCUT2D eigenvalue weighted by atomic mass is 10.1. The van der Waals surface area contributed by atoms with Crippen LogP contribution < -0.4 is 10.6 Å². The molecule has 0 spiro atoms. The van der Waals surface area contributed by atoms with Gasteiger partial charge in [-0.05, 0) is 38.5 Å². The Hall–Kier alpha value is -1.17. The van der Waals surface area contributed by atoms with E-state index in [-0.39, 0.29) is 24.1 Å². The van der Waals surface area contributed by atoms with Crippen molar-refractivity contribution >= 4 is 24.0 Å². The number of halogens is 2. The highest BCUT2D eigenvalue weighted by atomic mass is 35.5. The van der Waals surface area contributed by atoms with E-state index in [0.717, 1.165) is 13.1 Å². The molecule has 1 aromatic carbocycles. The molecule has 2 atom stereocenters.